The Morgan fingerprint density at radius 1 is 1.89 bits per heavy atom. The first-order valence-corrected chi connectivity index (χ1v) is 2.83. The van der Waals surface area contributed by atoms with Crippen LogP contribution < -0.4 is 0 Å². The van der Waals surface area contributed by atoms with E-state index in [1.165, 1.54) is 0 Å². The third-order valence-corrected chi connectivity index (χ3v) is 1.09. The molecule has 1 fully saturated rings. The zero-order chi connectivity index (χ0) is 6.69. The van der Waals surface area contributed by atoms with E-state index in [-0.39, 0.29) is 12.4 Å². The molecule has 0 aromatic rings. The van der Waals surface area contributed by atoms with Gasteiger partial charge in [0.2, 0.25) is 0 Å². The van der Waals surface area contributed by atoms with Crippen LogP contribution in [0.4, 0.5) is 0 Å². The van der Waals surface area contributed by atoms with E-state index in [2.05, 4.69) is 6.58 Å². The molecule has 0 spiro atoms. The SMILES string of the molecule is C=CCN1CC(=O)CO1. The molecule has 9 heavy (non-hydrogen) atoms. The number of nitrogens with zero attached hydrogens (tertiary/aromatic N) is 1. The van der Waals surface area contributed by atoms with Gasteiger partial charge in [-0.3, -0.25) is 9.63 Å². The van der Waals surface area contributed by atoms with Gasteiger partial charge in [0.25, 0.3) is 0 Å². The molecule has 1 rings (SSSR count). The lowest BCUT2D eigenvalue weighted by molar-refractivity contribution is -0.118. The minimum atomic E-state index is 0.136. The van der Waals surface area contributed by atoms with Gasteiger partial charge in [0.05, 0.1) is 6.54 Å². The molecule has 0 unspecified atom stereocenters. The molecular formula is C6H9NO2. The van der Waals surface area contributed by atoms with Crippen molar-refractivity contribution in [2.75, 3.05) is 19.7 Å². The van der Waals surface area contributed by atoms with Gasteiger partial charge in [-0.15, -0.1) is 6.58 Å². The van der Waals surface area contributed by atoms with E-state index in [1.54, 1.807) is 11.1 Å². The van der Waals surface area contributed by atoms with Crippen LogP contribution >= 0.6 is 0 Å². The quantitative estimate of drug-likeness (QED) is 0.488. The van der Waals surface area contributed by atoms with Crippen molar-refractivity contribution in [3.8, 4) is 0 Å². The van der Waals surface area contributed by atoms with Gasteiger partial charge in [0, 0.05) is 6.54 Å². The van der Waals surface area contributed by atoms with Crippen LogP contribution in [0, 0.1) is 0 Å². The highest BCUT2D eigenvalue weighted by atomic mass is 16.7. The summed E-state index contributed by atoms with van der Waals surface area (Å²) in [4.78, 5) is 15.4. The van der Waals surface area contributed by atoms with Gasteiger partial charge in [-0.2, -0.15) is 5.06 Å². The van der Waals surface area contributed by atoms with Crippen molar-refractivity contribution in [3.05, 3.63) is 12.7 Å². The monoisotopic (exact) mass is 127 g/mol. The maximum atomic E-state index is 10.5. The molecule has 0 bridgehead atoms. The lowest BCUT2D eigenvalue weighted by Gasteiger charge is -2.07. The lowest BCUT2D eigenvalue weighted by atomic mass is 10.4. The van der Waals surface area contributed by atoms with E-state index in [0.717, 1.165) is 0 Å². The predicted molar refractivity (Wildman–Crippen MR) is 32.7 cm³/mol. The number of carbonyl (C=O) groups is 1. The highest BCUT2D eigenvalue weighted by molar-refractivity contribution is 5.82. The average molecular weight is 127 g/mol. The molecule has 0 amide bonds. The van der Waals surface area contributed by atoms with Gasteiger partial charge in [0.15, 0.2) is 5.78 Å². The van der Waals surface area contributed by atoms with Crippen molar-refractivity contribution in [2.24, 2.45) is 0 Å². The standard InChI is InChI=1S/C6H9NO2/c1-2-3-7-4-6(8)5-9-7/h2H,1,3-5H2. The van der Waals surface area contributed by atoms with Crippen LogP contribution in [0.2, 0.25) is 0 Å². The molecule has 0 N–H and O–H groups in total. The predicted octanol–water partition coefficient (Wildman–Crippen LogP) is -0.0113. The largest absolute Gasteiger partial charge is 0.295 e. The summed E-state index contributed by atoms with van der Waals surface area (Å²) in [5.74, 6) is 0.136. The van der Waals surface area contributed by atoms with Gasteiger partial charge in [-0.1, -0.05) is 6.08 Å². The molecule has 0 aromatic heterocycles. The summed E-state index contributed by atoms with van der Waals surface area (Å²) in [7, 11) is 0. The molecule has 0 atom stereocenters. The molecule has 3 heteroatoms. The maximum Gasteiger partial charge on any atom is 0.176 e. The lowest BCUT2D eigenvalue weighted by Crippen LogP contribution is -2.18. The van der Waals surface area contributed by atoms with E-state index in [4.69, 9.17) is 4.84 Å². The van der Waals surface area contributed by atoms with E-state index in [0.29, 0.717) is 13.1 Å². The molecule has 0 radical (unpaired) electrons. The summed E-state index contributed by atoms with van der Waals surface area (Å²) < 4.78 is 0. The van der Waals surface area contributed by atoms with E-state index in [9.17, 15) is 4.79 Å². The fourth-order valence-electron chi connectivity index (χ4n) is 0.713. The van der Waals surface area contributed by atoms with Crippen molar-refractivity contribution in [3.63, 3.8) is 0 Å². The first-order chi connectivity index (χ1) is 4.33. The zero-order valence-corrected chi connectivity index (χ0v) is 5.17. The Labute approximate surface area is 53.9 Å². The number of carbonyl (C=O) groups excluding carboxylic acids is 1. The van der Waals surface area contributed by atoms with Crippen LogP contribution in [0.25, 0.3) is 0 Å². The van der Waals surface area contributed by atoms with Gasteiger partial charge < -0.3 is 0 Å². The molecule has 1 saturated heterocycles. The minimum absolute atomic E-state index is 0.136. The van der Waals surface area contributed by atoms with Crippen molar-refractivity contribution >= 4 is 5.78 Å². The van der Waals surface area contributed by atoms with E-state index >= 15 is 0 Å². The average Bonchev–Trinajstić information content (AvgIpc) is 2.17. The minimum Gasteiger partial charge on any atom is -0.295 e. The Morgan fingerprint density at radius 2 is 2.67 bits per heavy atom. The van der Waals surface area contributed by atoms with Crippen LogP contribution in [0.1, 0.15) is 0 Å². The summed E-state index contributed by atoms with van der Waals surface area (Å²) in [5.41, 5.74) is 0. The van der Waals surface area contributed by atoms with Crippen molar-refractivity contribution in [1.82, 2.24) is 5.06 Å². The molecule has 0 saturated carbocycles. The molecule has 0 aromatic carbocycles. The van der Waals surface area contributed by atoms with Crippen LogP contribution in [-0.2, 0) is 9.63 Å². The highest BCUT2D eigenvalue weighted by Crippen LogP contribution is 1.99. The topological polar surface area (TPSA) is 29.5 Å². The Kier molecular flexibility index (Phi) is 1.97. The molecule has 1 heterocycles. The fraction of sp³-hybridized carbons (Fsp3) is 0.500. The summed E-state index contributed by atoms with van der Waals surface area (Å²) in [6.45, 7) is 4.79. The smallest absolute Gasteiger partial charge is 0.176 e. The number of hydroxylamine groups is 2. The van der Waals surface area contributed by atoms with Crippen molar-refractivity contribution < 1.29 is 9.63 Å². The summed E-state index contributed by atoms with van der Waals surface area (Å²) in [6.07, 6.45) is 1.71. The second-order valence-electron chi connectivity index (χ2n) is 1.92. The Morgan fingerprint density at radius 3 is 3.11 bits per heavy atom. The summed E-state index contributed by atoms with van der Waals surface area (Å²) in [5, 5.41) is 1.59. The molecule has 1 aliphatic heterocycles. The summed E-state index contributed by atoms with van der Waals surface area (Å²) >= 11 is 0. The number of ketones is 1. The van der Waals surface area contributed by atoms with Gasteiger partial charge in [-0.25, -0.2) is 0 Å². The zero-order valence-electron chi connectivity index (χ0n) is 5.17. The second kappa shape index (κ2) is 2.75. The third kappa shape index (κ3) is 1.62. The van der Waals surface area contributed by atoms with E-state index in [1.807, 2.05) is 0 Å². The molecule has 0 aliphatic carbocycles. The molecular weight excluding hydrogens is 118 g/mol. The van der Waals surface area contributed by atoms with Crippen molar-refractivity contribution in [1.29, 1.82) is 0 Å². The van der Waals surface area contributed by atoms with Crippen LogP contribution in [0.15, 0.2) is 12.7 Å². The summed E-state index contributed by atoms with van der Waals surface area (Å²) in [6, 6.07) is 0. The maximum absolute atomic E-state index is 10.5. The fourth-order valence-corrected chi connectivity index (χ4v) is 0.713. The number of Topliss-reactive ketones (excluding diaryl/α,β-unsaturated/α-hetero) is 1. The van der Waals surface area contributed by atoms with Crippen LogP contribution in [0.3, 0.4) is 0 Å². The Bertz CT molecular complexity index is 133. The van der Waals surface area contributed by atoms with Gasteiger partial charge in [0.1, 0.15) is 6.61 Å². The Hall–Kier alpha value is -0.670. The van der Waals surface area contributed by atoms with Crippen LogP contribution in [-0.4, -0.2) is 30.5 Å². The highest BCUT2D eigenvalue weighted by Gasteiger charge is 2.18. The van der Waals surface area contributed by atoms with E-state index < -0.39 is 0 Å². The number of rotatable bonds is 2. The van der Waals surface area contributed by atoms with Gasteiger partial charge >= 0.3 is 0 Å². The second-order valence-corrected chi connectivity index (χ2v) is 1.92. The molecule has 50 valence electrons. The Balaban J connectivity index is 2.29. The first-order valence-electron chi connectivity index (χ1n) is 2.83. The molecule has 3 nitrogen and oxygen atoms in total. The van der Waals surface area contributed by atoms with Gasteiger partial charge in [-0.05, 0) is 0 Å². The number of hydrogen-bond donors (Lipinski definition) is 0. The van der Waals surface area contributed by atoms with Crippen molar-refractivity contribution in [2.45, 2.75) is 0 Å². The third-order valence-electron chi connectivity index (χ3n) is 1.09. The first kappa shape index (κ1) is 6.45. The normalized spacial score (nSPS) is 20.7. The van der Waals surface area contributed by atoms with Crippen LogP contribution in [0.5, 0.6) is 0 Å². The molecule has 1 aliphatic rings. The number of hydrogen-bond acceptors (Lipinski definition) is 3.